The van der Waals surface area contributed by atoms with E-state index in [1.165, 1.54) is 38.5 Å². The Morgan fingerprint density at radius 3 is 2.73 bits per heavy atom. The van der Waals surface area contributed by atoms with Crippen LogP contribution in [0, 0.1) is 5.41 Å². The first kappa shape index (κ1) is 13.8. The molecule has 4 heteroatoms. The molecule has 2 aliphatic carbocycles. The summed E-state index contributed by atoms with van der Waals surface area (Å²) in [5.74, 6) is -0.206. The van der Waals surface area contributed by atoms with Gasteiger partial charge in [-0.1, -0.05) is 12.8 Å². The van der Waals surface area contributed by atoms with Crippen molar-refractivity contribution in [3.8, 4) is 0 Å². The van der Waals surface area contributed by atoms with Crippen molar-refractivity contribution in [2.75, 3.05) is 0 Å². The summed E-state index contributed by atoms with van der Waals surface area (Å²) in [6.45, 7) is 0. The normalized spacial score (nSPS) is 21.5. The molecule has 0 aliphatic heterocycles. The summed E-state index contributed by atoms with van der Waals surface area (Å²) < 4.78 is 7.59. The van der Waals surface area contributed by atoms with Gasteiger partial charge in [-0.05, 0) is 56.1 Å². The van der Waals surface area contributed by atoms with E-state index in [2.05, 4.69) is 4.98 Å². The molecular weight excluding hydrogens is 276 g/mol. The number of nitrogens with zero attached hydrogens (tertiary/aromatic N) is 2. The molecule has 0 amide bonds. The van der Waals surface area contributed by atoms with Gasteiger partial charge in [-0.3, -0.25) is 0 Å². The third-order valence-electron chi connectivity index (χ3n) is 5.57. The monoisotopic (exact) mass is 298 g/mol. The van der Waals surface area contributed by atoms with E-state index in [9.17, 15) is 4.79 Å². The second-order valence-corrected chi connectivity index (χ2v) is 6.96. The van der Waals surface area contributed by atoms with Crippen molar-refractivity contribution in [1.29, 1.82) is 0 Å². The lowest BCUT2D eigenvalue weighted by Gasteiger charge is -2.36. The van der Waals surface area contributed by atoms with Crippen molar-refractivity contribution < 1.29 is 9.53 Å². The van der Waals surface area contributed by atoms with E-state index in [4.69, 9.17) is 4.74 Å². The maximum atomic E-state index is 12.3. The molecule has 22 heavy (non-hydrogen) atoms. The van der Waals surface area contributed by atoms with Gasteiger partial charge in [0.15, 0.2) is 0 Å². The van der Waals surface area contributed by atoms with E-state index in [0.29, 0.717) is 11.0 Å². The lowest BCUT2D eigenvalue weighted by Crippen LogP contribution is -2.30. The molecule has 4 rings (SSSR count). The van der Waals surface area contributed by atoms with Crippen LogP contribution in [0.25, 0.3) is 5.52 Å². The molecule has 0 bridgehead atoms. The quantitative estimate of drug-likeness (QED) is 0.787. The summed E-state index contributed by atoms with van der Waals surface area (Å²) in [5, 5.41) is 0. The van der Waals surface area contributed by atoms with Crippen LogP contribution >= 0.6 is 0 Å². The number of aromatic nitrogens is 2. The van der Waals surface area contributed by atoms with Crippen molar-refractivity contribution >= 4 is 11.5 Å². The van der Waals surface area contributed by atoms with Crippen molar-refractivity contribution in [3.05, 3.63) is 36.4 Å². The molecule has 2 fully saturated rings. The highest BCUT2D eigenvalue weighted by Gasteiger charge is 2.38. The summed E-state index contributed by atoms with van der Waals surface area (Å²) in [6, 6.07) is 3.72. The van der Waals surface area contributed by atoms with Gasteiger partial charge in [0.2, 0.25) is 0 Å². The lowest BCUT2D eigenvalue weighted by atomic mass is 9.72. The zero-order valence-electron chi connectivity index (χ0n) is 12.8. The number of rotatable bonds is 2. The second-order valence-electron chi connectivity index (χ2n) is 6.96. The lowest BCUT2D eigenvalue weighted by molar-refractivity contribution is 0.00562. The number of hydrogen-bond acceptors (Lipinski definition) is 3. The predicted molar refractivity (Wildman–Crippen MR) is 83.8 cm³/mol. The van der Waals surface area contributed by atoms with Crippen molar-refractivity contribution in [2.45, 2.75) is 57.5 Å². The van der Waals surface area contributed by atoms with E-state index in [-0.39, 0.29) is 12.1 Å². The maximum absolute atomic E-state index is 12.3. The van der Waals surface area contributed by atoms with Gasteiger partial charge in [-0.15, -0.1) is 0 Å². The molecule has 2 aromatic rings. The van der Waals surface area contributed by atoms with E-state index in [1.54, 1.807) is 18.7 Å². The van der Waals surface area contributed by atoms with Crippen LogP contribution in [0.3, 0.4) is 0 Å². The minimum absolute atomic E-state index is 0.0946. The van der Waals surface area contributed by atoms with Gasteiger partial charge in [0.05, 0.1) is 23.6 Å². The molecule has 2 aromatic heterocycles. The first-order valence-electron chi connectivity index (χ1n) is 8.37. The van der Waals surface area contributed by atoms with Crippen LogP contribution in [0.5, 0.6) is 0 Å². The fraction of sp³-hybridized carbons (Fsp3) is 0.556. The van der Waals surface area contributed by atoms with Gasteiger partial charge >= 0.3 is 5.97 Å². The number of carbonyl (C=O) groups excluding carboxylic acids is 1. The predicted octanol–water partition coefficient (Wildman–Crippen LogP) is 3.99. The highest BCUT2D eigenvalue weighted by molar-refractivity contribution is 5.89. The third-order valence-corrected chi connectivity index (χ3v) is 5.57. The summed E-state index contributed by atoms with van der Waals surface area (Å²) in [4.78, 5) is 16.4. The van der Waals surface area contributed by atoms with Crippen LogP contribution in [0.2, 0.25) is 0 Å². The average molecular weight is 298 g/mol. The van der Waals surface area contributed by atoms with E-state index >= 15 is 0 Å². The first-order chi connectivity index (χ1) is 10.7. The number of carbonyl (C=O) groups is 1. The molecule has 0 aromatic carbocycles. The number of hydrogen-bond donors (Lipinski definition) is 0. The Kier molecular flexibility index (Phi) is 3.40. The molecule has 2 saturated carbocycles. The van der Waals surface area contributed by atoms with Crippen LogP contribution in [0.4, 0.5) is 0 Å². The van der Waals surface area contributed by atoms with Gasteiger partial charge < -0.3 is 9.14 Å². The summed E-state index contributed by atoms with van der Waals surface area (Å²) in [7, 11) is 0. The summed E-state index contributed by atoms with van der Waals surface area (Å²) in [6.07, 6.45) is 15.4. The summed E-state index contributed by atoms with van der Waals surface area (Å²) in [5.41, 5.74) is 2.17. The van der Waals surface area contributed by atoms with Gasteiger partial charge in [0.1, 0.15) is 6.10 Å². The Balaban J connectivity index is 1.39. The fourth-order valence-electron chi connectivity index (χ4n) is 4.21. The summed E-state index contributed by atoms with van der Waals surface area (Å²) >= 11 is 0. The van der Waals surface area contributed by atoms with E-state index < -0.39 is 0 Å². The first-order valence-corrected chi connectivity index (χ1v) is 8.37. The molecule has 116 valence electrons. The van der Waals surface area contributed by atoms with Gasteiger partial charge in [-0.25, -0.2) is 9.78 Å². The molecule has 4 nitrogen and oxygen atoms in total. The smallest absolute Gasteiger partial charge is 0.339 e. The van der Waals surface area contributed by atoms with Crippen LogP contribution in [-0.2, 0) is 4.74 Å². The fourth-order valence-corrected chi connectivity index (χ4v) is 4.21. The number of ether oxygens (including phenoxy) is 1. The van der Waals surface area contributed by atoms with Crippen LogP contribution in [-0.4, -0.2) is 21.5 Å². The van der Waals surface area contributed by atoms with Gasteiger partial charge in [-0.2, -0.15) is 0 Å². The molecule has 1 spiro atoms. The molecule has 0 unspecified atom stereocenters. The minimum atomic E-state index is -0.206. The van der Waals surface area contributed by atoms with Gasteiger partial charge in [0, 0.05) is 6.20 Å². The molecular formula is C18H22N2O2. The van der Waals surface area contributed by atoms with E-state index in [0.717, 1.165) is 18.4 Å². The zero-order valence-corrected chi connectivity index (χ0v) is 12.8. The highest BCUT2D eigenvalue weighted by Crippen LogP contribution is 2.49. The van der Waals surface area contributed by atoms with Crippen LogP contribution < -0.4 is 0 Å². The largest absolute Gasteiger partial charge is 0.459 e. The Morgan fingerprint density at radius 1 is 1.18 bits per heavy atom. The topological polar surface area (TPSA) is 43.6 Å². The standard InChI is InChI=1S/C18H22N2O2/c21-17(14-3-4-15-11-19-13-20(15)12-14)22-16-5-9-18(10-6-16)7-1-2-8-18/h3-4,11-13,16H,1-2,5-10H2. The minimum Gasteiger partial charge on any atom is -0.459 e. The highest BCUT2D eigenvalue weighted by atomic mass is 16.5. The van der Waals surface area contributed by atoms with Crippen molar-refractivity contribution in [2.24, 2.45) is 5.41 Å². The molecule has 2 aliphatic rings. The molecule has 2 heterocycles. The Bertz CT molecular complexity index is 675. The van der Waals surface area contributed by atoms with Crippen molar-refractivity contribution in [3.63, 3.8) is 0 Å². The molecule has 0 N–H and O–H groups in total. The Labute approximate surface area is 130 Å². The molecule has 0 radical (unpaired) electrons. The van der Waals surface area contributed by atoms with Crippen molar-refractivity contribution in [1.82, 2.24) is 9.38 Å². The SMILES string of the molecule is O=C(OC1CCC2(CCCC2)CC1)c1ccc2cncn2c1. The number of esters is 1. The van der Waals surface area contributed by atoms with Crippen LogP contribution in [0.1, 0.15) is 61.7 Å². The molecule has 0 atom stereocenters. The zero-order chi connectivity index (χ0) is 15.0. The molecule has 0 saturated heterocycles. The van der Waals surface area contributed by atoms with Gasteiger partial charge in [0.25, 0.3) is 0 Å². The number of fused-ring (bicyclic) bond motifs is 1. The maximum Gasteiger partial charge on any atom is 0.339 e. The Hall–Kier alpha value is -1.84. The van der Waals surface area contributed by atoms with Crippen LogP contribution in [0.15, 0.2) is 30.9 Å². The Morgan fingerprint density at radius 2 is 1.95 bits per heavy atom. The van der Waals surface area contributed by atoms with E-state index in [1.807, 2.05) is 16.5 Å². The number of pyridine rings is 1. The third kappa shape index (κ3) is 2.51. The average Bonchev–Trinajstić information content (AvgIpc) is 3.18. The second kappa shape index (κ2) is 5.41. The number of imidazole rings is 1.